The smallest absolute Gasteiger partial charge is 0.186 e. The molecule has 0 spiro atoms. The Morgan fingerprint density at radius 2 is 2.21 bits per heavy atom. The van der Waals surface area contributed by atoms with Crippen molar-refractivity contribution in [3.63, 3.8) is 0 Å². The first-order valence-corrected chi connectivity index (χ1v) is 6.70. The summed E-state index contributed by atoms with van der Waals surface area (Å²) >= 11 is 1.61. The Hall–Kier alpha value is -2.01. The zero-order chi connectivity index (χ0) is 13.2. The number of hydrogen-bond donors (Lipinski definition) is 0. The molecule has 0 saturated carbocycles. The lowest BCUT2D eigenvalue weighted by molar-refractivity contribution is 0.625. The van der Waals surface area contributed by atoms with Crippen LogP contribution in [0.2, 0.25) is 0 Å². The number of rotatable bonds is 3. The highest BCUT2D eigenvalue weighted by atomic mass is 32.1. The number of thiazole rings is 1. The summed E-state index contributed by atoms with van der Waals surface area (Å²) in [5.74, 6) is -0.209. The van der Waals surface area contributed by atoms with Crippen molar-refractivity contribution in [3.8, 4) is 0 Å². The Morgan fingerprint density at radius 3 is 3.00 bits per heavy atom. The van der Waals surface area contributed by atoms with E-state index in [0.717, 1.165) is 20.9 Å². The highest BCUT2D eigenvalue weighted by Crippen LogP contribution is 2.28. The number of aromatic nitrogens is 2. The Labute approximate surface area is 114 Å². The molecule has 0 radical (unpaired) electrons. The van der Waals surface area contributed by atoms with Crippen molar-refractivity contribution in [2.24, 2.45) is 0 Å². The largest absolute Gasteiger partial charge is 0.347 e. The lowest BCUT2D eigenvalue weighted by Gasteiger charge is -2.15. The molecular weight excluding hydrogens is 261 g/mol. The van der Waals surface area contributed by atoms with Gasteiger partial charge in [0, 0.05) is 19.8 Å². The average molecular weight is 273 g/mol. The molecular formula is C14H12FN3S. The Balaban J connectivity index is 1.85. The maximum atomic E-state index is 13.1. The first-order chi connectivity index (χ1) is 9.22. The van der Waals surface area contributed by atoms with Crippen LogP contribution >= 0.6 is 11.3 Å². The SMILES string of the molecule is CN(Cc1cccc(F)c1)c1nc2cnccc2s1. The van der Waals surface area contributed by atoms with Gasteiger partial charge in [0.25, 0.3) is 0 Å². The quantitative estimate of drug-likeness (QED) is 0.731. The van der Waals surface area contributed by atoms with Gasteiger partial charge in [-0.3, -0.25) is 4.98 Å². The number of hydrogen-bond acceptors (Lipinski definition) is 4. The maximum Gasteiger partial charge on any atom is 0.186 e. The van der Waals surface area contributed by atoms with E-state index in [1.165, 1.54) is 6.07 Å². The van der Waals surface area contributed by atoms with Crippen molar-refractivity contribution in [3.05, 3.63) is 54.1 Å². The van der Waals surface area contributed by atoms with Crippen molar-refractivity contribution >= 4 is 26.7 Å². The maximum absolute atomic E-state index is 13.1. The van der Waals surface area contributed by atoms with Crippen LogP contribution in [0.4, 0.5) is 9.52 Å². The second-order valence-corrected chi connectivity index (χ2v) is 5.33. The molecule has 2 heterocycles. The first kappa shape index (κ1) is 12.0. The molecule has 3 nitrogen and oxygen atoms in total. The summed E-state index contributed by atoms with van der Waals surface area (Å²) in [4.78, 5) is 10.6. The zero-order valence-corrected chi connectivity index (χ0v) is 11.2. The molecule has 0 saturated heterocycles. The highest BCUT2D eigenvalue weighted by molar-refractivity contribution is 7.22. The topological polar surface area (TPSA) is 29.0 Å². The summed E-state index contributed by atoms with van der Waals surface area (Å²) in [6, 6.07) is 8.58. The molecule has 0 bridgehead atoms. The van der Waals surface area contributed by atoms with Crippen LogP contribution < -0.4 is 4.90 Å². The van der Waals surface area contributed by atoms with Gasteiger partial charge in [-0.1, -0.05) is 23.5 Å². The van der Waals surface area contributed by atoms with E-state index in [2.05, 4.69) is 9.97 Å². The summed E-state index contributed by atoms with van der Waals surface area (Å²) in [5, 5.41) is 0.910. The fraction of sp³-hybridized carbons (Fsp3) is 0.143. The fourth-order valence-corrected chi connectivity index (χ4v) is 2.80. The second-order valence-electron chi connectivity index (χ2n) is 4.33. The molecule has 3 aromatic rings. The molecule has 0 aliphatic rings. The molecule has 5 heteroatoms. The lowest BCUT2D eigenvalue weighted by Crippen LogP contribution is -2.16. The zero-order valence-electron chi connectivity index (χ0n) is 10.4. The predicted molar refractivity (Wildman–Crippen MR) is 75.9 cm³/mol. The van der Waals surface area contributed by atoms with Crippen molar-refractivity contribution in [2.45, 2.75) is 6.54 Å². The van der Waals surface area contributed by atoms with Crippen molar-refractivity contribution in [2.75, 3.05) is 11.9 Å². The number of nitrogens with zero attached hydrogens (tertiary/aromatic N) is 3. The van der Waals surface area contributed by atoms with Crippen LogP contribution in [-0.2, 0) is 6.54 Å². The van der Waals surface area contributed by atoms with Gasteiger partial charge in [-0.2, -0.15) is 0 Å². The Bertz CT molecular complexity index is 677. The van der Waals surface area contributed by atoms with Crippen LogP contribution in [0, 0.1) is 5.82 Å². The molecule has 1 aromatic carbocycles. The number of anilines is 1. The van der Waals surface area contributed by atoms with E-state index in [1.54, 1.807) is 35.9 Å². The number of benzene rings is 1. The molecule has 0 aliphatic heterocycles. The predicted octanol–water partition coefficient (Wildman–Crippen LogP) is 3.47. The third-order valence-electron chi connectivity index (χ3n) is 2.81. The fourth-order valence-electron chi connectivity index (χ4n) is 1.91. The van der Waals surface area contributed by atoms with Crippen molar-refractivity contribution < 1.29 is 4.39 Å². The van der Waals surface area contributed by atoms with E-state index >= 15 is 0 Å². The third kappa shape index (κ3) is 2.56. The minimum Gasteiger partial charge on any atom is -0.347 e. The minimum atomic E-state index is -0.209. The van der Waals surface area contributed by atoms with Gasteiger partial charge in [-0.15, -0.1) is 0 Å². The van der Waals surface area contributed by atoms with Gasteiger partial charge < -0.3 is 4.90 Å². The molecule has 0 unspecified atom stereocenters. The van der Waals surface area contributed by atoms with E-state index in [-0.39, 0.29) is 5.82 Å². The Kier molecular flexibility index (Phi) is 3.13. The van der Waals surface area contributed by atoms with Crippen LogP contribution in [0.15, 0.2) is 42.7 Å². The Morgan fingerprint density at radius 1 is 1.32 bits per heavy atom. The average Bonchev–Trinajstić information content (AvgIpc) is 2.82. The van der Waals surface area contributed by atoms with Gasteiger partial charge in [0.15, 0.2) is 5.13 Å². The number of fused-ring (bicyclic) bond motifs is 1. The highest BCUT2D eigenvalue weighted by Gasteiger charge is 2.09. The number of pyridine rings is 1. The summed E-state index contributed by atoms with van der Waals surface area (Å²) < 4.78 is 14.3. The van der Waals surface area contributed by atoms with Crippen molar-refractivity contribution in [1.82, 2.24) is 9.97 Å². The van der Waals surface area contributed by atoms with E-state index in [1.807, 2.05) is 24.1 Å². The molecule has 96 valence electrons. The molecule has 0 N–H and O–H groups in total. The van der Waals surface area contributed by atoms with Crippen LogP contribution in [0.3, 0.4) is 0 Å². The van der Waals surface area contributed by atoms with Gasteiger partial charge >= 0.3 is 0 Å². The minimum absolute atomic E-state index is 0.209. The summed E-state index contributed by atoms with van der Waals surface area (Å²) in [5.41, 5.74) is 1.83. The van der Waals surface area contributed by atoms with Crippen LogP contribution in [0.1, 0.15) is 5.56 Å². The van der Waals surface area contributed by atoms with E-state index in [4.69, 9.17) is 0 Å². The molecule has 0 atom stereocenters. The number of halogens is 1. The first-order valence-electron chi connectivity index (χ1n) is 5.88. The normalized spacial score (nSPS) is 10.8. The standard InChI is InChI=1S/C14H12FN3S/c1-18(9-10-3-2-4-11(15)7-10)14-17-12-8-16-6-5-13(12)19-14/h2-8H,9H2,1H3. The third-order valence-corrected chi connectivity index (χ3v) is 3.96. The van der Waals surface area contributed by atoms with Gasteiger partial charge in [0.2, 0.25) is 0 Å². The molecule has 19 heavy (non-hydrogen) atoms. The second kappa shape index (κ2) is 4.93. The summed E-state index contributed by atoms with van der Waals surface area (Å²) in [6.07, 6.45) is 3.52. The molecule has 2 aromatic heterocycles. The molecule has 3 rings (SSSR count). The summed E-state index contributed by atoms with van der Waals surface area (Å²) in [7, 11) is 1.95. The molecule has 0 amide bonds. The van der Waals surface area contributed by atoms with Crippen LogP contribution in [0.5, 0.6) is 0 Å². The van der Waals surface area contributed by atoms with Gasteiger partial charge in [-0.05, 0) is 23.8 Å². The van der Waals surface area contributed by atoms with Gasteiger partial charge in [0.05, 0.1) is 10.9 Å². The van der Waals surface area contributed by atoms with Gasteiger partial charge in [-0.25, -0.2) is 9.37 Å². The molecule has 0 fully saturated rings. The summed E-state index contributed by atoms with van der Waals surface area (Å²) in [6.45, 7) is 0.630. The van der Waals surface area contributed by atoms with E-state index < -0.39 is 0 Å². The van der Waals surface area contributed by atoms with Crippen molar-refractivity contribution in [1.29, 1.82) is 0 Å². The molecule has 0 aliphatic carbocycles. The van der Waals surface area contributed by atoms with E-state index in [9.17, 15) is 4.39 Å². The monoisotopic (exact) mass is 273 g/mol. The van der Waals surface area contributed by atoms with E-state index in [0.29, 0.717) is 6.54 Å². The lowest BCUT2D eigenvalue weighted by atomic mass is 10.2. The van der Waals surface area contributed by atoms with Crippen LogP contribution in [-0.4, -0.2) is 17.0 Å². The van der Waals surface area contributed by atoms with Crippen LogP contribution in [0.25, 0.3) is 10.2 Å². The van der Waals surface area contributed by atoms with Gasteiger partial charge in [0.1, 0.15) is 11.3 Å².